The number of allylic oxidation sites excluding steroid dienone is 1. The largest absolute Gasteiger partial charge is 0.486 e. The molecule has 0 amide bonds. The van der Waals surface area contributed by atoms with Crippen molar-refractivity contribution < 1.29 is 14.3 Å². The average molecular weight is 280 g/mol. The van der Waals surface area contributed by atoms with E-state index in [9.17, 15) is 4.79 Å². The van der Waals surface area contributed by atoms with Crippen LogP contribution in [-0.4, -0.2) is 19.0 Å². The number of carbonyl (C=O) groups excluding carboxylic acids is 1. The van der Waals surface area contributed by atoms with E-state index in [1.165, 1.54) is 0 Å². The van der Waals surface area contributed by atoms with Gasteiger partial charge in [0.15, 0.2) is 17.3 Å². The number of benzene rings is 2. The zero-order valence-electron chi connectivity index (χ0n) is 11.8. The van der Waals surface area contributed by atoms with E-state index in [2.05, 4.69) is 0 Å². The Labute approximate surface area is 123 Å². The van der Waals surface area contributed by atoms with Crippen LogP contribution in [0.1, 0.15) is 21.5 Å². The highest BCUT2D eigenvalue weighted by Gasteiger charge is 2.10. The van der Waals surface area contributed by atoms with Crippen LogP contribution in [0, 0.1) is 6.92 Å². The molecule has 3 rings (SSSR count). The monoisotopic (exact) mass is 280 g/mol. The summed E-state index contributed by atoms with van der Waals surface area (Å²) in [5.74, 6) is 1.47. The first-order valence-electron chi connectivity index (χ1n) is 6.91. The number of fused-ring (bicyclic) bond motifs is 1. The van der Waals surface area contributed by atoms with Gasteiger partial charge < -0.3 is 9.47 Å². The topological polar surface area (TPSA) is 35.5 Å². The summed E-state index contributed by atoms with van der Waals surface area (Å²) in [5, 5.41) is 0. The molecule has 2 aromatic carbocycles. The first-order chi connectivity index (χ1) is 10.2. The molecule has 0 atom stereocenters. The van der Waals surface area contributed by atoms with Gasteiger partial charge in [0.25, 0.3) is 0 Å². The zero-order valence-corrected chi connectivity index (χ0v) is 11.8. The van der Waals surface area contributed by atoms with Gasteiger partial charge in [0.2, 0.25) is 0 Å². The van der Waals surface area contributed by atoms with Crippen LogP contribution in [0.2, 0.25) is 0 Å². The Morgan fingerprint density at radius 3 is 2.48 bits per heavy atom. The Morgan fingerprint density at radius 1 is 1.00 bits per heavy atom. The van der Waals surface area contributed by atoms with Gasteiger partial charge in [-0.25, -0.2) is 0 Å². The van der Waals surface area contributed by atoms with Gasteiger partial charge in [-0.3, -0.25) is 4.79 Å². The van der Waals surface area contributed by atoms with E-state index in [1.807, 2.05) is 49.4 Å². The minimum absolute atomic E-state index is 0.00936. The van der Waals surface area contributed by atoms with Crippen LogP contribution >= 0.6 is 0 Å². The SMILES string of the molecule is Cc1ccc(C(=O)/C=C/c2ccc3c(c2)OCCO3)cc1. The summed E-state index contributed by atoms with van der Waals surface area (Å²) in [5.41, 5.74) is 2.75. The lowest BCUT2D eigenvalue weighted by Crippen LogP contribution is -2.15. The molecule has 3 heteroatoms. The predicted octanol–water partition coefficient (Wildman–Crippen LogP) is 3.66. The van der Waals surface area contributed by atoms with E-state index in [4.69, 9.17) is 9.47 Å². The highest BCUT2D eigenvalue weighted by Crippen LogP contribution is 2.31. The van der Waals surface area contributed by atoms with Crippen molar-refractivity contribution in [2.75, 3.05) is 13.2 Å². The Bertz CT molecular complexity index is 684. The summed E-state index contributed by atoms with van der Waals surface area (Å²) in [4.78, 5) is 12.1. The third-order valence-electron chi connectivity index (χ3n) is 3.33. The van der Waals surface area contributed by atoms with Gasteiger partial charge in [0, 0.05) is 5.56 Å². The molecule has 0 spiro atoms. The van der Waals surface area contributed by atoms with Gasteiger partial charge in [-0.2, -0.15) is 0 Å². The first-order valence-corrected chi connectivity index (χ1v) is 6.91. The summed E-state index contributed by atoms with van der Waals surface area (Å²) in [7, 11) is 0. The van der Waals surface area contributed by atoms with Crippen molar-refractivity contribution in [3.8, 4) is 11.5 Å². The Balaban J connectivity index is 1.76. The van der Waals surface area contributed by atoms with Crippen molar-refractivity contribution in [1.82, 2.24) is 0 Å². The Morgan fingerprint density at radius 2 is 1.71 bits per heavy atom. The maximum Gasteiger partial charge on any atom is 0.185 e. The van der Waals surface area contributed by atoms with E-state index in [1.54, 1.807) is 12.2 Å². The summed E-state index contributed by atoms with van der Waals surface area (Å²) >= 11 is 0. The lowest BCUT2D eigenvalue weighted by Gasteiger charge is -2.18. The molecule has 0 aromatic heterocycles. The maximum absolute atomic E-state index is 12.1. The molecular weight excluding hydrogens is 264 g/mol. The third kappa shape index (κ3) is 3.14. The quantitative estimate of drug-likeness (QED) is 0.636. The molecular formula is C18H16O3. The third-order valence-corrected chi connectivity index (χ3v) is 3.33. The van der Waals surface area contributed by atoms with Gasteiger partial charge in [-0.05, 0) is 30.7 Å². The van der Waals surface area contributed by atoms with Gasteiger partial charge in [0.05, 0.1) is 0 Å². The molecule has 0 radical (unpaired) electrons. The van der Waals surface area contributed by atoms with E-state index in [0.29, 0.717) is 18.8 Å². The molecule has 0 fully saturated rings. The standard InChI is InChI=1S/C18H16O3/c1-13-2-6-15(7-3-13)16(19)8-4-14-5-9-17-18(12-14)21-11-10-20-17/h2-9,12H,10-11H2,1H3/b8-4+. The molecule has 0 bridgehead atoms. The van der Waals surface area contributed by atoms with Crippen LogP contribution in [0.4, 0.5) is 0 Å². The fourth-order valence-electron chi connectivity index (χ4n) is 2.15. The minimum Gasteiger partial charge on any atom is -0.486 e. The molecule has 0 saturated carbocycles. The van der Waals surface area contributed by atoms with E-state index < -0.39 is 0 Å². The molecule has 0 unspecified atom stereocenters. The van der Waals surface area contributed by atoms with Crippen LogP contribution in [0.5, 0.6) is 11.5 Å². The van der Waals surface area contributed by atoms with Gasteiger partial charge in [-0.1, -0.05) is 42.0 Å². The molecule has 1 aliphatic heterocycles. The van der Waals surface area contributed by atoms with Gasteiger partial charge >= 0.3 is 0 Å². The fraction of sp³-hybridized carbons (Fsp3) is 0.167. The molecule has 21 heavy (non-hydrogen) atoms. The highest BCUT2D eigenvalue weighted by atomic mass is 16.6. The number of aryl methyl sites for hydroxylation is 1. The fourth-order valence-corrected chi connectivity index (χ4v) is 2.15. The van der Waals surface area contributed by atoms with Crippen molar-refractivity contribution >= 4 is 11.9 Å². The number of hydrogen-bond acceptors (Lipinski definition) is 3. The minimum atomic E-state index is -0.00936. The second-order valence-corrected chi connectivity index (χ2v) is 4.97. The van der Waals surface area contributed by atoms with E-state index in [-0.39, 0.29) is 5.78 Å². The van der Waals surface area contributed by atoms with Crippen molar-refractivity contribution in [2.24, 2.45) is 0 Å². The highest BCUT2D eigenvalue weighted by molar-refractivity contribution is 6.06. The van der Waals surface area contributed by atoms with Crippen molar-refractivity contribution in [1.29, 1.82) is 0 Å². The second kappa shape index (κ2) is 5.83. The van der Waals surface area contributed by atoms with Gasteiger partial charge in [0.1, 0.15) is 13.2 Å². The van der Waals surface area contributed by atoms with Gasteiger partial charge in [-0.15, -0.1) is 0 Å². The molecule has 1 heterocycles. The normalized spacial score (nSPS) is 13.4. The molecule has 1 aliphatic rings. The number of rotatable bonds is 3. The number of ketones is 1. The van der Waals surface area contributed by atoms with E-state index in [0.717, 1.165) is 22.6 Å². The lowest BCUT2D eigenvalue weighted by molar-refractivity contribution is 0.104. The van der Waals surface area contributed by atoms with Crippen LogP contribution in [0.25, 0.3) is 6.08 Å². The summed E-state index contributed by atoms with van der Waals surface area (Å²) < 4.78 is 11.0. The maximum atomic E-state index is 12.1. The molecule has 2 aromatic rings. The predicted molar refractivity (Wildman–Crippen MR) is 82.0 cm³/mol. The van der Waals surface area contributed by atoms with Crippen LogP contribution in [-0.2, 0) is 0 Å². The van der Waals surface area contributed by atoms with Crippen LogP contribution < -0.4 is 9.47 Å². The summed E-state index contributed by atoms with van der Waals surface area (Å²) in [6, 6.07) is 13.2. The lowest BCUT2D eigenvalue weighted by atomic mass is 10.1. The van der Waals surface area contributed by atoms with Crippen LogP contribution in [0.15, 0.2) is 48.5 Å². The zero-order chi connectivity index (χ0) is 14.7. The van der Waals surface area contributed by atoms with Crippen LogP contribution in [0.3, 0.4) is 0 Å². The molecule has 106 valence electrons. The smallest absolute Gasteiger partial charge is 0.185 e. The molecule has 0 N–H and O–H groups in total. The van der Waals surface area contributed by atoms with Crippen molar-refractivity contribution in [2.45, 2.75) is 6.92 Å². The second-order valence-electron chi connectivity index (χ2n) is 4.97. The number of ether oxygens (including phenoxy) is 2. The van der Waals surface area contributed by atoms with E-state index >= 15 is 0 Å². The molecule has 0 saturated heterocycles. The summed E-state index contributed by atoms with van der Waals surface area (Å²) in [6.07, 6.45) is 3.37. The summed E-state index contributed by atoms with van der Waals surface area (Å²) in [6.45, 7) is 3.13. The molecule has 3 nitrogen and oxygen atoms in total. The van der Waals surface area contributed by atoms with Crippen molar-refractivity contribution in [3.05, 3.63) is 65.2 Å². The average Bonchev–Trinajstić information content (AvgIpc) is 2.53. The Hall–Kier alpha value is -2.55. The van der Waals surface area contributed by atoms with Crippen molar-refractivity contribution in [3.63, 3.8) is 0 Å². The Kier molecular flexibility index (Phi) is 3.73. The molecule has 0 aliphatic carbocycles. The number of carbonyl (C=O) groups is 1. The number of hydrogen-bond donors (Lipinski definition) is 0. The first kappa shape index (κ1) is 13.4.